The van der Waals surface area contributed by atoms with E-state index in [0.717, 1.165) is 5.56 Å². The zero-order chi connectivity index (χ0) is 24.8. The molecule has 3 rings (SSSR count). The number of nitrogens with zero attached hydrogens (tertiary/aromatic N) is 2. The second kappa shape index (κ2) is 11.6. The van der Waals surface area contributed by atoms with Gasteiger partial charge in [-0.25, -0.2) is 0 Å². The fourth-order valence-electron chi connectivity index (χ4n) is 4.59. The summed E-state index contributed by atoms with van der Waals surface area (Å²) in [6.45, 7) is 6.57. The minimum Gasteiger partial charge on any atom is -0.354 e. The molecule has 0 aromatic heterocycles. The van der Waals surface area contributed by atoms with Gasteiger partial charge in [0.25, 0.3) is 0 Å². The molecule has 1 N–H and O–H groups in total. The van der Waals surface area contributed by atoms with Gasteiger partial charge in [0.1, 0.15) is 6.04 Å². The zero-order valence-electron chi connectivity index (χ0n) is 20.1. The number of amides is 4. The number of hydrogen-bond donors (Lipinski definition) is 1. The minimum absolute atomic E-state index is 0.0204. The molecule has 7 nitrogen and oxygen atoms in total. The number of carbonyl (C=O) groups excluding carboxylic acids is 4. The summed E-state index contributed by atoms with van der Waals surface area (Å²) in [6.07, 6.45) is 5.39. The van der Waals surface area contributed by atoms with Crippen molar-refractivity contribution in [2.75, 3.05) is 13.1 Å². The second-order valence-electron chi connectivity index (χ2n) is 9.41. The highest BCUT2D eigenvalue weighted by Crippen LogP contribution is 2.35. The molecule has 0 spiro atoms. The molecule has 1 aromatic rings. The Balaban J connectivity index is 1.76. The number of nitrogens with one attached hydrogen (secondary N) is 1. The number of rotatable bonds is 10. The Morgan fingerprint density at radius 1 is 1.12 bits per heavy atom. The third-order valence-electron chi connectivity index (χ3n) is 6.52. The lowest BCUT2D eigenvalue weighted by molar-refractivity contribution is -0.144. The van der Waals surface area contributed by atoms with Crippen LogP contribution < -0.4 is 5.32 Å². The predicted octanol–water partition coefficient (Wildman–Crippen LogP) is 3.56. The van der Waals surface area contributed by atoms with Gasteiger partial charge in [-0.05, 0) is 36.8 Å². The molecular weight excluding hydrogens is 454 g/mol. The van der Waals surface area contributed by atoms with Gasteiger partial charge in [0.05, 0.1) is 11.8 Å². The first kappa shape index (κ1) is 25.9. The fraction of sp³-hybridized carbons (Fsp3) is 0.538. The van der Waals surface area contributed by atoms with E-state index in [4.69, 9.17) is 11.6 Å². The van der Waals surface area contributed by atoms with E-state index in [9.17, 15) is 19.2 Å². The Morgan fingerprint density at radius 2 is 1.74 bits per heavy atom. The zero-order valence-corrected chi connectivity index (χ0v) is 20.9. The highest BCUT2D eigenvalue weighted by Gasteiger charge is 2.47. The summed E-state index contributed by atoms with van der Waals surface area (Å²) in [6, 6.07) is 6.53. The summed E-state index contributed by atoms with van der Waals surface area (Å²) in [5, 5.41) is 3.44. The van der Waals surface area contributed by atoms with E-state index < -0.39 is 6.04 Å². The maximum absolute atomic E-state index is 13.4. The first-order valence-electron chi connectivity index (χ1n) is 12.0. The number of benzene rings is 1. The van der Waals surface area contributed by atoms with Crippen molar-refractivity contribution >= 4 is 35.2 Å². The average Bonchev–Trinajstić information content (AvgIpc) is 3.06. The van der Waals surface area contributed by atoms with Gasteiger partial charge >= 0.3 is 0 Å². The van der Waals surface area contributed by atoms with E-state index in [1.54, 1.807) is 6.07 Å². The number of carbonyl (C=O) groups is 4. The summed E-state index contributed by atoms with van der Waals surface area (Å²) < 4.78 is 0. The third-order valence-corrected chi connectivity index (χ3v) is 6.89. The number of imide groups is 1. The molecule has 34 heavy (non-hydrogen) atoms. The molecule has 1 aromatic carbocycles. The molecule has 184 valence electrons. The molecular formula is C26H34ClN3O4. The predicted molar refractivity (Wildman–Crippen MR) is 131 cm³/mol. The number of halogens is 1. The molecule has 0 radical (unpaired) electrons. The van der Waals surface area contributed by atoms with Crippen LogP contribution in [0.4, 0.5) is 0 Å². The highest BCUT2D eigenvalue weighted by atomic mass is 35.5. The third kappa shape index (κ3) is 5.87. The molecule has 4 amide bonds. The first-order valence-corrected chi connectivity index (χ1v) is 12.4. The van der Waals surface area contributed by atoms with Crippen LogP contribution in [0.25, 0.3) is 0 Å². The van der Waals surface area contributed by atoms with Crippen molar-refractivity contribution in [1.82, 2.24) is 15.1 Å². The molecule has 1 heterocycles. The number of likely N-dealkylation sites (tertiary alicyclic amines) is 1. The summed E-state index contributed by atoms with van der Waals surface area (Å²) >= 11 is 6.35. The largest absolute Gasteiger partial charge is 0.354 e. The van der Waals surface area contributed by atoms with Crippen molar-refractivity contribution in [3.63, 3.8) is 0 Å². The fourth-order valence-corrected chi connectivity index (χ4v) is 4.79. The van der Waals surface area contributed by atoms with E-state index >= 15 is 0 Å². The van der Waals surface area contributed by atoms with Crippen LogP contribution in [0.5, 0.6) is 0 Å². The van der Waals surface area contributed by atoms with Gasteiger partial charge in [0.15, 0.2) is 0 Å². The Morgan fingerprint density at radius 3 is 2.29 bits per heavy atom. The van der Waals surface area contributed by atoms with Crippen molar-refractivity contribution in [2.24, 2.45) is 17.8 Å². The molecule has 2 aliphatic rings. The Labute approximate surface area is 206 Å². The van der Waals surface area contributed by atoms with Gasteiger partial charge < -0.3 is 10.2 Å². The number of hydrogen-bond acceptors (Lipinski definition) is 4. The molecule has 1 saturated heterocycles. The van der Waals surface area contributed by atoms with Crippen LogP contribution in [0, 0.1) is 17.8 Å². The van der Waals surface area contributed by atoms with Crippen molar-refractivity contribution in [3.05, 3.63) is 47.0 Å². The Kier molecular flexibility index (Phi) is 8.89. The van der Waals surface area contributed by atoms with Crippen LogP contribution in [0.15, 0.2) is 36.4 Å². The van der Waals surface area contributed by atoms with Gasteiger partial charge in [-0.2, -0.15) is 0 Å². The molecule has 0 saturated carbocycles. The van der Waals surface area contributed by atoms with Crippen LogP contribution in [-0.4, -0.2) is 52.6 Å². The van der Waals surface area contributed by atoms with E-state index in [1.807, 2.05) is 51.1 Å². The van der Waals surface area contributed by atoms with Crippen LogP contribution in [-0.2, 0) is 25.7 Å². The quantitative estimate of drug-likeness (QED) is 0.404. The van der Waals surface area contributed by atoms with Crippen LogP contribution in [0.3, 0.4) is 0 Å². The van der Waals surface area contributed by atoms with E-state index in [-0.39, 0.29) is 60.9 Å². The summed E-state index contributed by atoms with van der Waals surface area (Å²) in [7, 11) is 0. The standard InChI is InChI=1S/C26H34ClN3O4/c1-4-22(24(32)28-15-17(2)3)30(16-18-9-5-8-12-21(18)27)23(31)13-14-29-25(33)19-10-6-7-11-20(19)26(29)34/h5-9,12,17,19-20,22H,4,10-11,13-16H2,1-3H3,(H,28,32)/t19-,20+,22?. The smallest absolute Gasteiger partial charge is 0.242 e. The van der Waals surface area contributed by atoms with Gasteiger partial charge in [-0.3, -0.25) is 24.1 Å². The first-order chi connectivity index (χ1) is 16.2. The lowest BCUT2D eigenvalue weighted by Gasteiger charge is -2.31. The Bertz CT molecular complexity index is 935. The van der Waals surface area contributed by atoms with Crippen molar-refractivity contribution in [1.29, 1.82) is 0 Å². The van der Waals surface area contributed by atoms with Crippen LogP contribution in [0.2, 0.25) is 5.02 Å². The van der Waals surface area contributed by atoms with Gasteiger partial charge in [-0.15, -0.1) is 0 Å². The second-order valence-corrected chi connectivity index (χ2v) is 9.82. The maximum atomic E-state index is 13.4. The molecule has 3 atom stereocenters. The van der Waals surface area contributed by atoms with Crippen molar-refractivity contribution in [2.45, 2.75) is 59.0 Å². The minimum atomic E-state index is -0.681. The van der Waals surface area contributed by atoms with Gasteiger partial charge in [0.2, 0.25) is 23.6 Å². The maximum Gasteiger partial charge on any atom is 0.242 e. The van der Waals surface area contributed by atoms with E-state index in [0.29, 0.717) is 30.8 Å². The van der Waals surface area contributed by atoms with E-state index in [2.05, 4.69) is 5.32 Å². The molecule has 8 heteroatoms. The van der Waals surface area contributed by atoms with Crippen molar-refractivity contribution < 1.29 is 19.2 Å². The highest BCUT2D eigenvalue weighted by molar-refractivity contribution is 6.31. The number of allylic oxidation sites excluding steroid dienone is 2. The van der Waals surface area contributed by atoms with Crippen LogP contribution >= 0.6 is 11.6 Å². The van der Waals surface area contributed by atoms with Crippen LogP contribution in [0.1, 0.15) is 52.0 Å². The summed E-state index contributed by atoms with van der Waals surface area (Å²) in [5.74, 6) is -1.28. The van der Waals surface area contributed by atoms with E-state index in [1.165, 1.54) is 9.80 Å². The number of fused-ring (bicyclic) bond motifs is 1. The molecule has 1 fully saturated rings. The lowest BCUT2D eigenvalue weighted by atomic mass is 9.85. The Hall–Kier alpha value is -2.67. The molecule has 1 unspecified atom stereocenters. The monoisotopic (exact) mass is 487 g/mol. The van der Waals surface area contributed by atoms with Gasteiger partial charge in [0, 0.05) is 31.1 Å². The average molecular weight is 488 g/mol. The lowest BCUT2D eigenvalue weighted by Crippen LogP contribution is -2.50. The summed E-state index contributed by atoms with van der Waals surface area (Å²) in [5.41, 5.74) is 0.734. The molecule has 1 aliphatic heterocycles. The normalized spacial score (nSPS) is 20.4. The molecule has 1 aliphatic carbocycles. The summed E-state index contributed by atoms with van der Waals surface area (Å²) in [4.78, 5) is 54.7. The molecule has 0 bridgehead atoms. The SMILES string of the molecule is CCC(C(=O)NCC(C)C)N(Cc1ccccc1Cl)C(=O)CCN1C(=O)[C@H]2CC=CC[C@H]2C1=O. The van der Waals surface area contributed by atoms with Gasteiger partial charge in [-0.1, -0.05) is 62.7 Å². The van der Waals surface area contributed by atoms with Crippen molar-refractivity contribution in [3.8, 4) is 0 Å². The topological polar surface area (TPSA) is 86.8 Å².